The molecule has 0 saturated carbocycles. The highest BCUT2D eigenvalue weighted by molar-refractivity contribution is 5.95. The molecule has 0 radical (unpaired) electrons. The average molecular weight is 224 g/mol. The van der Waals surface area contributed by atoms with Crippen molar-refractivity contribution >= 4 is 11.6 Å². The zero-order valence-electron chi connectivity index (χ0n) is 9.19. The Hall–Kier alpha value is -1.75. The molecule has 0 heterocycles. The predicted molar refractivity (Wildman–Crippen MR) is 61.4 cm³/mol. The van der Waals surface area contributed by atoms with Gasteiger partial charge in [-0.25, -0.2) is 0 Å². The van der Waals surface area contributed by atoms with Crippen molar-refractivity contribution in [3.05, 3.63) is 23.8 Å². The predicted octanol–water partition coefficient (Wildman–Crippen LogP) is 0.390. The number of methoxy groups -OCH3 is 1. The van der Waals surface area contributed by atoms with Crippen LogP contribution in [0.3, 0.4) is 0 Å². The van der Waals surface area contributed by atoms with Gasteiger partial charge in [0.15, 0.2) is 0 Å². The van der Waals surface area contributed by atoms with Crippen LogP contribution in [0.4, 0.5) is 5.69 Å². The van der Waals surface area contributed by atoms with E-state index in [0.29, 0.717) is 30.0 Å². The van der Waals surface area contributed by atoms with Crippen LogP contribution in [0.1, 0.15) is 16.8 Å². The van der Waals surface area contributed by atoms with Crippen molar-refractivity contribution in [1.82, 2.24) is 5.32 Å². The maximum atomic E-state index is 11.6. The van der Waals surface area contributed by atoms with Crippen LogP contribution in [0, 0.1) is 0 Å². The summed E-state index contributed by atoms with van der Waals surface area (Å²) >= 11 is 0. The molecule has 0 saturated heterocycles. The number of ether oxygens (including phenoxy) is 1. The van der Waals surface area contributed by atoms with Gasteiger partial charge in [0.1, 0.15) is 5.75 Å². The fraction of sp³-hybridized carbons (Fsp3) is 0.364. The van der Waals surface area contributed by atoms with Crippen molar-refractivity contribution in [1.29, 1.82) is 0 Å². The zero-order valence-corrected chi connectivity index (χ0v) is 9.19. The van der Waals surface area contributed by atoms with Crippen LogP contribution in [-0.4, -0.2) is 31.3 Å². The molecule has 0 aliphatic rings. The first-order chi connectivity index (χ1) is 7.67. The minimum atomic E-state index is -0.223. The molecule has 0 fully saturated rings. The molecule has 1 rings (SSSR count). The van der Waals surface area contributed by atoms with Crippen LogP contribution in [0.15, 0.2) is 18.2 Å². The number of nitrogens with one attached hydrogen (secondary N) is 1. The lowest BCUT2D eigenvalue weighted by atomic mass is 10.1. The highest BCUT2D eigenvalue weighted by Crippen LogP contribution is 2.18. The first-order valence-corrected chi connectivity index (χ1v) is 5.01. The van der Waals surface area contributed by atoms with Gasteiger partial charge in [-0.15, -0.1) is 0 Å². The van der Waals surface area contributed by atoms with E-state index in [1.54, 1.807) is 18.2 Å². The number of rotatable bonds is 5. The maximum absolute atomic E-state index is 11.6. The van der Waals surface area contributed by atoms with E-state index in [4.69, 9.17) is 15.6 Å². The normalized spacial score (nSPS) is 9.88. The van der Waals surface area contributed by atoms with Crippen LogP contribution >= 0.6 is 0 Å². The zero-order chi connectivity index (χ0) is 12.0. The van der Waals surface area contributed by atoms with Crippen molar-refractivity contribution in [2.24, 2.45) is 0 Å². The molecule has 0 aliphatic carbocycles. The van der Waals surface area contributed by atoms with Gasteiger partial charge in [0.05, 0.1) is 7.11 Å². The van der Waals surface area contributed by atoms with Crippen LogP contribution in [-0.2, 0) is 0 Å². The molecule has 0 atom stereocenters. The molecule has 5 nitrogen and oxygen atoms in total. The molecule has 1 aromatic carbocycles. The van der Waals surface area contributed by atoms with E-state index in [1.807, 2.05) is 0 Å². The van der Waals surface area contributed by atoms with Crippen molar-refractivity contribution < 1.29 is 14.6 Å². The van der Waals surface area contributed by atoms with E-state index in [9.17, 15) is 4.79 Å². The topological polar surface area (TPSA) is 84.6 Å². The number of nitrogens with two attached hydrogens (primary N) is 1. The lowest BCUT2D eigenvalue weighted by Gasteiger charge is -2.07. The molecular formula is C11H16N2O3. The number of hydrogen-bond acceptors (Lipinski definition) is 4. The molecule has 1 aromatic rings. The number of aliphatic hydroxyl groups excluding tert-OH is 1. The summed E-state index contributed by atoms with van der Waals surface area (Å²) in [6.45, 7) is 0.493. The minimum Gasteiger partial charge on any atom is -0.497 e. The summed E-state index contributed by atoms with van der Waals surface area (Å²) in [4.78, 5) is 11.6. The highest BCUT2D eigenvalue weighted by atomic mass is 16.5. The highest BCUT2D eigenvalue weighted by Gasteiger charge is 2.07. The van der Waals surface area contributed by atoms with E-state index in [2.05, 4.69) is 5.32 Å². The molecule has 1 amide bonds. The Bertz CT molecular complexity index is 366. The SMILES string of the molecule is COc1cc(N)cc(C(=O)NCCCO)c1. The Balaban J connectivity index is 2.71. The fourth-order valence-electron chi connectivity index (χ4n) is 1.25. The lowest BCUT2D eigenvalue weighted by Crippen LogP contribution is -2.25. The van der Waals surface area contributed by atoms with Gasteiger partial charge in [-0.3, -0.25) is 4.79 Å². The molecular weight excluding hydrogens is 208 g/mol. The molecule has 0 aromatic heterocycles. The summed E-state index contributed by atoms with van der Waals surface area (Å²) in [6.07, 6.45) is 0.533. The van der Waals surface area contributed by atoms with E-state index >= 15 is 0 Å². The number of anilines is 1. The largest absolute Gasteiger partial charge is 0.497 e. The Morgan fingerprint density at radius 2 is 2.25 bits per heavy atom. The summed E-state index contributed by atoms with van der Waals surface area (Å²) in [5.74, 6) is 0.325. The third-order valence-electron chi connectivity index (χ3n) is 2.05. The number of carbonyl (C=O) groups is 1. The lowest BCUT2D eigenvalue weighted by molar-refractivity contribution is 0.0951. The number of amides is 1. The first-order valence-electron chi connectivity index (χ1n) is 5.01. The summed E-state index contributed by atoms with van der Waals surface area (Å²) < 4.78 is 5.01. The molecule has 0 bridgehead atoms. The van der Waals surface area contributed by atoms with Crippen LogP contribution in [0.5, 0.6) is 5.75 Å². The van der Waals surface area contributed by atoms with Gasteiger partial charge in [0.2, 0.25) is 0 Å². The second-order valence-corrected chi connectivity index (χ2v) is 3.33. The van der Waals surface area contributed by atoms with Gasteiger partial charge in [-0.1, -0.05) is 0 Å². The van der Waals surface area contributed by atoms with Crippen LogP contribution in [0.2, 0.25) is 0 Å². The van der Waals surface area contributed by atoms with Gasteiger partial charge >= 0.3 is 0 Å². The molecule has 5 heteroatoms. The quantitative estimate of drug-likeness (QED) is 0.499. The third kappa shape index (κ3) is 3.43. The van der Waals surface area contributed by atoms with Gasteiger partial charge in [-0.2, -0.15) is 0 Å². The molecule has 16 heavy (non-hydrogen) atoms. The van der Waals surface area contributed by atoms with Gasteiger partial charge in [0.25, 0.3) is 5.91 Å². The molecule has 0 unspecified atom stereocenters. The molecule has 0 aliphatic heterocycles. The Kier molecular flexibility index (Phi) is 4.60. The first kappa shape index (κ1) is 12.3. The van der Waals surface area contributed by atoms with E-state index in [1.165, 1.54) is 7.11 Å². The summed E-state index contributed by atoms with van der Waals surface area (Å²) in [5.41, 5.74) is 6.56. The number of hydrogen-bond donors (Lipinski definition) is 3. The van der Waals surface area contributed by atoms with Gasteiger partial charge in [-0.05, 0) is 18.6 Å². The number of nitrogen functional groups attached to an aromatic ring is 1. The minimum absolute atomic E-state index is 0.0561. The maximum Gasteiger partial charge on any atom is 0.251 e. The van der Waals surface area contributed by atoms with E-state index < -0.39 is 0 Å². The van der Waals surface area contributed by atoms with Gasteiger partial charge in [0, 0.05) is 30.5 Å². The van der Waals surface area contributed by atoms with Crippen molar-refractivity contribution in [2.45, 2.75) is 6.42 Å². The Morgan fingerprint density at radius 1 is 1.50 bits per heavy atom. The Morgan fingerprint density at radius 3 is 2.88 bits per heavy atom. The van der Waals surface area contributed by atoms with Gasteiger partial charge < -0.3 is 20.9 Å². The van der Waals surface area contributed by atoms with E-state index in [-0.39, 0.29) is 12.5 Å². The molecule has 0 spiro atoms. The Labute approximate surface area is 94.2 Å². The number of carbonyl (C=O) groups excluding carboxylic acids is 1. The van der Waals surface area contributed by atoms with Crippen molar-refractivity contribution in [3.63, 3.8) is 0 Å². The molecule has 4 N–H and O–H groups in total. The standard InChI is InChI=1S/C11H16N2O3/c1-16-10-6-8(5-9(12)7-10)11(15)13-3-2-4-14/h5-7,14H,2-4,12H2,1H3,(H,13,15). The second kappa shape index (κ2) is 5.97. The summed E-state index contributed by atoms with van der Waals surface area (Å²) in [7, 11) is 1.52. The third-order valence-corrected chi connectivity index (χ3v) is 2.05. The number of benzene rings is 1. The van der Waals surface area contributed by atoms with Crippen molar-refractivity contribution in [2.75, 3.05) is 26.0 Å². The monoisotopic (exact) mass is 224 g/mol. The van der Waals surface area contributed by atoms with Crippen LogP contribution in [0.25, 0.3) is 0 Å². The summed E-state index contributed by atoms with van der Waals surface area (Å²) in [6, 6.07) is 4.84. The second-order valence-electron chi connectivity index (χ2n) is 3.33. The number of aliphatic hydroxyl groups is 1. The fourth-order valence-corrected chi connectivity index (χ4v) is 1.25. The summed E-state index contributed by atoms with van der Waals surface area (Å²) in [5, 5.41) is 11.3. The van der Waals surface area contributed by atoms with Crippen LogP contribution < -0.4 is 15.8 Å². The smallest absolute Gasteiger partial charge is 0.251 e. The van der Waals surface area contributed by atoms with Crippen molar-refractivity contribution in [3.8, 4) is 5.75 Å². The average Bonchev–Trinajstić information content (AvgIpc) is 2.28. The van der Waals surface area contributed by atoms with E-state index in [0.717, 1.165) is 0 Å². The molecule has 88 valence electrons.